The summed E-state index contributed by atoms with van der Waals surface area (Å²) in [6, 6.07) is 4.06. The average molecular weight is 305 g/mol. The van der Waals surface area contributed by atoms with Crippen molar-refractivity contribution in [1.82, 2.24) is 14.8 Å². The highest BCUT2D eigenvalue weighted by molar-refractivity contribution is 5.79. The first-order valence-corrected chi connectivity index (χ1v) is 7.84. The van der Waals surface area contributed by atoms with Crippen molar-refractivity contribution in [3.8, 4) is 5.88 Å². The quantitative estimate of drug-likeness (QED) is 0.867. The predicted molar refractivity (Wildman–Crippen MR) is 81.7 cm³/mol. The monoisotopic (exact) mass is 305 g/mol. The molecule has 6 nitrogen and oxygen atoms in total. The van der Waals surface area contributed by atoms with Crippen molar-refractivity contribution in [2.75, 3.05) is 33.3 Å². The number of amides is 1. The lowest BCUT2D eigenvalue weighted by atomic mass is 10.2. The van der Waals surface area contributed by atoms with E-state index in [0.29, 0.717) is 18.3 Å². The molecule has 0 saturated carbocycles. The van der Waals surface area contributed by atoms with Crippen molar-refractivity contribution < 1.29 is 14.6 Å². The summed E-state index contributed by atoms with van der Waals surface area (Å²) < 4.78 is 5.09. The summed E-state index contributed by atoms with van der Waals surface area (Å²) in [7, 11) is 1.57. The van der Waals surface area contributed by atoms with Gasteiger partial charge in [-0.2, -0.15) is 0 Å². The van der Waals surface area contributed by atoms with Gasteiger partial charge in [0.1, 0.15) is 0 Å². The summed E-state index contributed by atoms with van der Waals surface area (Å²) in [5, 5.41) is 9.64. The standard InChI is InChI=1S/C16H23N3O3/c1-22-15-8-12(2-5-17-15)9-16(21)19-6-3-13(10-19)18-7-4-14(20)11-18/h2,5,8,13-14,20H,3-4,6-7,9-11H2,1H3. The average Bonchev–Trinajstić information content (AvgIpc) is 3.16. The molecule has 0 spiro atoms. The third-order valence-electron chi connectivity index (χ3n) is 4.59. The molecule has 1 aromatic heterocycles. The van der Waals surface area contributed by atoms with Gasteiger partial charge in [0.25, 0.3) is 0 Å². The van der Waals surface area contributed by atoms with E-state index in [2.05, 4.69) is 9.88 Å². The lowest BCUT2D eigenvalue weighted by Crippen LogP contribution is -2.38. The van der Waals surface area contributed by atoms with Crippen molar-refractivity contribution in [2.45, 2.75) is 31.4 Å². The minimum absolute atomic E-state index is 0.149. The van der Waals surface area contributed by atoms with E-state index >= 15 is 0 Å². The Kier molecular flexibility index (Phi) is 4.59. The van der Waals surface area contributed by atoms with Crippen LogP contribution in [0.25, 0.3) is 0 Å². The summed E-state index contributed by atoms with van der Waals surface area (Å²) in [6.45, 7) is 3.26. The van der Waals surface area contributed by atoms with Crippen LogP contribution in [0.3, 0.4) is 0 Å². The fourth-order valence-electron chi connectivity index (χ4n) is 3.32. The number of hydrogen-bond donors (Lipinski definition) is 1. The molecule has 2 aliphatic heterocycles. The second kappa shape index (κ2) is 6.62. The van der Waals surface area contributed by atoms with E-state index in [-0.39, 0.29) is 12.0 Å². The largest absolute Gasteiger partial charge is 0.481 e. The molecule has 0 radical (unpaired) electrons. The van der Waals surface area contributed by atoms with Crippen LogP contribution < -0.4 is 4.74 Å². The maximum absolute atomic E-state index is 12.4. The Morgan fingerprint density at radius 3 is 3.00 bits per heavy atom. The fourth-order valence-corrected chi connectivity index (χ4v) is 3.32. The van der Waals surface area contributed by atoms with Crippen LogP contribution in [0, 0.1) is 0 Å². The number of likely N-dealkylation sites (tertiary alicyclic amines) is 2. The van der Waals surface area contributed by atoms with Crippen LogP contribution >= 0.6 is 0 Å². The van der Waals surface area contributed by atoms with Gasteiger partial charge in [0, 0.05) is 44.5 Å². The number of pyridine rings is 1. The van der Waals surface area contributed by atoms with Crippen molar-refractivity contribution in [3.63, 3.8) is 0 Å². The zero-order chi connectivity index (χ0) is 15.5. The zero-order valence-electron chi connectivity index (χ0n) is 12.9. The number of β-amino-alcohol motifs (C(OH)–C–C–N with tert-alkyl or cyclic N) is 1. The van der Waals surface area contributed by atoms with Gasteiger partial charge in [0.05, 0.1) is 19.6 Å². The number of aromatic nitrogens is 1. The van der Waals surface area contributed by atoms with Crippen molar-refractivity contribution >= 4 is 5.91 Å². The fraction of sp³-hybridized carbons (Fsp3) is 0.625. The Labute approximate surface area is 130 Å². The Bertz CT molecular complexity index is 537. The van der Waals surface area contributed by atoms with E-state index < -0.39 is 0 Å². The van der Waals surface area contributed by atoms with Gasteiger partial charge in [-0.3, -0.25) is 9.69 Å². The van der Waals surface area contributed by atoms with E-state index in [4.69, 9.17) is 4.74 Å². The van der Waals surface area contributed by atoms with Crippen molar-refractivity contribution in [2.24, 2.45) is 0 Å². The molecule has 1 N–H and O–H groups in total. The minimum Gasteiger partial charge on any atom is -0.481 e. The number of aliphatic hydroxyl groups excluding tert-OH is 1. The molecule has 1 amide bonds. The number of hydrogen-bond acceptors (Lipinski definition) is 5. The molecule has 3 heterocycles. The number of carbonyl (C=O) groups is 1. The molecular formula is C16H23N3O3. The maximum atomic E-state index is 12.4. The van der Waals surface area contributed by atoms with Gasteiger partial charge >= 0.3 is 0 Å². The zero-order valence-corrected chi connectivity index (χ0v) is 12.9. The number of nitrogens with zero attached hydrogens (tertiary/aromatic N) is 3. The molecule has 0 aliphatic carbocycles. The Morgan fingerprint density at radius 1 is 1.41 bits per heavy atom. The van der Waals surface area contributed by atoms with Crippen LogP contribution in [0.4, 0.5) is 0 Å². The number of ether oxygens (including phenoxy) is 1. The number of carbonyl (C=O) groups excluding carboxylic acids is 1. The summed E-state index contributed by atoms with van der Waals surface area (Å²) in [5.41, 5.74) is 0.928. The number of methoxy groups -OCH3 is 1. The third-order valence-corrected chi connectivity index (χ3v) is 4.59. The summed E-state index contributed by atoms with van der Waals surface area (Å²) in [5.74, 6) is 0.686. The van der Waals surface area contributed by atoms with Crippen LogP contribution in [0.2, 0.25) is 0 Å². The highest BCUT2D eigenvalue weighted by Gasteiger charge is 2.33. The Balaban J connectivity index is 1.55. The van der Waals surface area contributed by atoms with E-state index in [0.717, 1.165) is 44.6 Å². The molecule has 120 valence electrons. The van der Waals surface area contributed by atoms with Gasteiger partial charge in [-0.05, 0) is 24.5 Å². The van der Waals surface area contributed by atoms with Gasteiger partial charge < -0.3 is 14.7 Å². The molecular weight excluding hydrogens is 282 g/mol. The van der Waals surface area contributed by atoms with E-state index in [9.17, 15) is 9.90 Å². The summed E-state index contributed by atoms with van der Waals surface area (Å²) >= 11 is 0. The molecule has 1 aromatic rings. The molecule has 6 heteroatoms. The van der Waals surface area contributed by atoms with Gasteiger partial charge in [0.15, 0.2) is 0 Å². The molecule has 2 saturated heterocycles. The van der Waals surface area contributed by atoms with Crippen LogP contribution in [-0.4, -0.2) is 71.2 Å². The van der Waals surface area contributed by atoms with Crippen molar-refractivity contribution in [1.29, 1.82) is 0 Å². The predicted octanol–water partition coefficient (Wildman–Crippen LogP) is 0.300. The summed E-state index contributed by atoms with van der Waals surface area (Å²) in [4.78, 5) is 20.7. The van der Waals surface area contributed by atoms with Crippen molar-refractivity contribution in [3.05, 3.63) is 23.9 Å². The van der Waals surface area contributed by atoms with E-state index in [1.165, 1.54) is 0 Å². The first-order valence-electron chi connectivity index (χ1n) is 7.84. The highest BCUT2D eigenvalue weighted by atomic mass is 16.5. The number of rotatable bonds is 4. The first-order chi connectivity index (χ1) is 10.7. The molecule has 0 bridgehead atoms. The molecule has 2 aliphatic rings. The van der Waals surface area contributed by atoms with Crippen LogP contribution in [0.1, 0.15) is 18.4 Å². The SMILES string of the molecule is COc1cc(CC(=O)N2CCC(N3CCC(O)C3)C2)ccn1. The van der Waals surface area contributed by atoms with E-state index in [1.54, 1.807) is 13.3 Å². The molecule has 0 aromatic carbocycles. The lowest BCUT2D eigenvalue weighted by molar-refractivity contribution is -0.129. The molecule has 2 fully saturated rings. The lowest BCUT2D eigenvalue weighted by Gasteiger charge is -2.23. The molecule has 22 heavy (non-hydrogen) atoms. The van der Waals surface area contributed by atoms with Gasteiger partial charge in [-0.1, -0.05) is 0 Å². The second-order valence-corrected chi connectivity index (χ2v) is 6.10. The molecule has 2 atom stereocenters. The number of aliphatic hydroxyl groups is 1. The van der Waals surface area contributed by atoms with Gasteiger partial charge in [-0.25, -0.2) is 4.98 Å². The van der Waals surface area contributed by atoms with Crippen LogP contribution in [0.5, 0.6) is 5.88 Å². The Morgan fingerprint density at radius 2 is 2.27 bits per heavy atom. The minimum atomic E-state index is -0.200. The van der Waals surface area contributed by atoms with E-state index in [1.807, 2.05) is 17.0 Å². The molecule has 3 rings (SSSR count). The molecule has 2 unspecified atom stereocenters. The maximum Gasteiger partial charge on any atom is 0.227 e. The van der Waals surface area contributed by atoms with Gasteiger partial charge in [-0.15, -0.1) is 0 Å². The topological polar surface area (TPSA) is 65.9 Å². The van der Waals surface area contributed by atoms with Crippen LogP contribution in [0.15, 0.2) is 18.3 Å². The van der Waals surface area contributed by atoms with Gasteiger partial charge in [0.2, 0.25) is 11.8 Å². The third kappa shape index (κ3) is 3.39. The van der Waals surface area contributed by atoms with Crippen LogP contribution in [-0.2, 0) is 11.2 Å². The normalized spacial score (nSPS) is 25.6. The highest BCUT2D eigenvalue weighted by Crippen LogP contribution is 2.21. The summed E-state index contributed by atoms with van der Waals surface area (Å²) in [6.07, 6.45) is 3.70. The second-order valence-electron chi connectivity index (χ2n) is 6.10. The smallest absolute Gasteiger partial charge is 0.227 e. The first kappa shape index (κ1) is 15.2. The Hall–Kier alpha value is -1.66.